The number of ether oxygens (including phenoxy) is 1. The fraction of sp³-hybridized carbons (Fsp3) is 0.455. The predicted molar refractivity (Wildman–Crippen MR) is 54.9 cm³/mol. The molecule has 0 aliphatic rings. The molecule has 0 heterocycles. The van der Waals surface area contributed by atoms with Crippen LogP contribution in [0.5, 0.6) is 5.75 Å². The number of hydrogen-bond donors (Lipinski definition) is 1. The van der Waals surface area contributed by atoms with Crippen molar-refractivity contribution in [2.75, 3.05) is 20.2 Å². The lowest BCUT2D eigenvalue weighted by atomic mass is 10.2. The molecule has 1 aromatic carbocycles. The summed E-state index contributed by atoms with van der Waals surface area (Å²) in [6, 6.07) is 3.54. The van der Waals surface area contributed by atoms with E-state index in [1.165, 1.54) is 6.07 Å². The summed E-state index contributed by atoms with van der Waals surface area (Å²) in [5.74, 6) is -1.06. The molecule has 0 fully saturated rings. The van der Waals surface area contributed by atoms with E-state index in [9.17, 15) is 8.78 Å². The van der Waals surface area contributed by atoms with Gasteiger partial charge in [0.05, 0.1) is 6.61 Å². The van der Waals surface area contributed by atoms with Gasteiger partial charge in [-0.15, -0.1) is 0 Å². The van der Waals surface area contributed by atoms with Crippen molar-refractivity contribution >= 4 is 0 Å². The molecule has 84 valence electrons. The predicted octanol–water partition coefficient (Wildman–Crippen LogP) is 2.20. The molecule has 1 rings (SSSR count). The Kier molecular flexibility index (Phi) is 4.49. The van der Waals surface area contributed by atoms with Gasteiger partial charge in [-0.25, -0.2) is 8.78 Å². The van der Waals surface area contributed by atoms with E-state index < -0.39 is 11.6 Å². The largest absolute Gasteiger partial charge is 0.493 e. The third-order valence-electron chi connectivity index (χ3n) is 1.98. The smallest absolute Gasteiger partial charge is 0.162 e. The Morgan fingerprint density at radius 3 is 2.67 bits per heavy atom. The topological polar surface area (TPSA) is 21.3 Å². The molecule has 2 nitrogen and oxygen atoms in total. The van der Waals surface area contributed by atoms with Crippen LogP contribution in [0.1, 0.15) is 6.92 Å². The van der Waals surface area contributed by atoms with Gasteiger partial charge in [0.15, 0.2) is 11.6 Å². The van der Waals surface area contributed by atoms with E-state index in [2.05, 4.69) is 5.32 Å². The molecule has 1 N–H and O–H groups in total. The first-order chi connectivity index (χ1) is 7.13. The molecule has 1 unspecified atom stereocenters. The summed E-state index contributed by atoms with van der Waals surface area (Å²) in [7, 11) is 1.86. The molecule has 0 bridgehead atoms. The standard InChI is InChI=1S/C11H15F2NO/c1-8(6-14-2)7-15-9-3-4-10(12)11(13)5-9/h3-5,8,14H,6-7H2,1-2H3. The van der Waals surface area contributed by atoms with E-state index in [0.29, 0.717) is 18.3 Å². The van der Waals surface area contributed by atoms with Crippen LogP contribution in [0, 0.1) is 17.6 Å². The maximum absolute atomic E-state index is 12.8. The zero-order valence-corrected chi connectivity index (χ0v) is 8.89. The Bertz CT molecular complexity index is 317. The normalized spacial score (nSPS) is 12.5. The first-order valence-corrected chi connectivity index (χ1v) is 4.86. The third kappa shape index (κ3) is 3.83. The average molecular weight is 215 g/mol. The van der Waals surface area contributed by atoms with Crippen molar-refractivity contribution in [1.82, 2.24) is 5.32 Å². The van der Waals surface area contributed by atoms with Gasteiger partial charge in [0.1, 0.15) is 5.75 Å². The van der Waals surface area contributed by atoms with Crippen LogP contribution in [0.2, 0.25) is 0 Å². The Hall–Kier alpha value is -1.16. The molecule has 15 heavy (non-hydrogen) atoms. The summed E-state index contributed by atoms with van der Waals surface area (Å²) in [5.41, 5.74) is 0. The summed E-state index contributed by atoms with van der Waals surface area (Å²) >= 11 is 0. The van der Waals surface area contributed by atoms with E-state index in [-0.39, 0.29) is 0 Å². The Labute approximate surface area is 88.3 Å². The summed E-state index contributed by atoms with van der Waals surface area (Å²) in [4.78, 5) is 0. The van der Waals surface area contributed by atoms with Crippen molar-refractivity contribution in [2.24, 2.45) is 5.92 Å². The fourth-order valence-electron chi connectivity index (χ4n) is 1.21. The highest BCUT2D eigenvalue weighted by molar-refractivity contribution is 5.23. The zero-order valence-electron chi connectivity index (χ0n) is 8.89. The summed E-state index contributed by atoms with van der Waals surface area (Å²) < 4.78 is 30.7. The molecule has 4 heteroatoms. The lowest BCUT2D eigenvalue weighted by Gasteiger charge is -2.12. The van der Waals surface area contributed by atoms with Crippen LogP contribution in [0.25, 0.3) is 0 Å². The lowest BCUT2D eigenvalue weighted by Crippen LogP contribution is -2.21. The van der Waals surface area contributed by atoms with E-state index in [0.717, 1.165) is 18.7 Å². The quantitative estimate of drug-likeness (QED) is 0.813. The van der Waals surface area contributed by atoms with Crippen LogP contribution < -0.4 is 10.1 Å². The van der Waals surface area contributed by atoms with Gasteiger partial charge in [-0.05, 0) is 19.2 Å². The van der Waals surface area contributed by atoms with Crippen molar-refractivity contribution in [2.45, 2.75) is 6.92 Å². The molecule has 0 spiro atoms. The minimum absolute atomic E-state index is 0.322. The van der Waals surface area contributed by atoms with Crippen molar-refractivity contribution in [1.29, 1.82) is 0 Å². The molecule has 1 aromatic rings. The van der Waals surface area contributed by atoms with Gasteiger partial charge in [0.25, 0.3) is 0 Å². The second-order valence-corrected chi connectivity index (χ2v) is 3.55. The van der Waals surface area contributed by atoms with Crippen LogP contribution in [-0.2, 0) is 0 Å². The first kappa shape index (κ1) is 11.9. The summed E-state index contributed by atoms with van der Waals surface area (Å²) in [6.07, 6.45) is 0. The number of halogens is 2. The molecule has 0 aliphatic heterocycles. The van der Waals surface area contributed by atoms with Crippen molar-refractivity contribution in [3.63, 3.8) is 0 Å². The van der Waals surface area contributed by atoms with Crippen LogP contribution in [0.15, 0.2) is 18.2 Å². The highest BCUT2D eigenvalue weighted by Gasteiger charge is 2.05. The van der Waals surface area contributed by atoms with E-state index in [1.807, 2.05) is 14.0 Å². The molecular formula is C11H15F2NO. The maximum Gasteiger partial charge on any atom is 0.162 e. The third-order valence-corrected chi connectivity index (χ3v) is 1.98. The molecule has 0 radical (unpaired) electrons. The van der Waals surface area contributed by atoms with Crippen LogP contribution in [0.3, 0.4) is 0 Å². The number of hydrogen-bond acceptors (Lipinski definition) is 2. The molecule has 0 saturated heterocycles. The Morgan fingerprint density at radius 1 is 1.33 bits per heavy atom. The van der Waals surface area contributed by atoms with Gasteiger partial charge in [0.2, 0.25) is 0 Å². The highest BCUT2D eigenvalue weighted by atomic mass is 19.2. The number of benzene rings is 1. The number of rotatable bonds is 5. The molecule has 0 saturated carbocycles. The maximum atomic E-state index is 12.8. The summed E-state index contributed by atoms with van der Waals surface area (Å²) in [6.45, 7) is 3.31. The highest BCUT2D eigenvalue weighted by Crippen LogP contribution is 2.15. The van der Waals surface area contributed by atoms with Gasteiger partial charge in [0, 0.05) is 18.5 Å². The van der Waals surface area contributed by atoms with Gasteiger partial charge >= 0.3 is 0 Å². The first-order valence-electron chi connectivity index (χ1n) is 4.86. The molecule has 1 atom stereocenters. The summed E-state index contributed by atoms with van der Waals surface area (Å²) in [5, 5.41) is 3.01. The van der Waals surface area contributed by atoms with Crippen molar-refractivity contribution in [3.05, 3.63) is 29.8 Å². The van der Waals surface area contributed by atoms with Gasteiger partial charge < -0.3 is 10.1 Å². The van der Waals surface area contributed by atoms with Gasteiger partial charge in [-0.3, -0.25) is 0 Å². The van der Waals surface area contributed by atoms with E-state index in [4.69, 9.17) is 4.74 Å². The second kappa shape index (κ2) is 5.66. The molecule has 0 aliphatic carbocycles. The van der Waals surface area contributed by atoms with Crippen LogP contribution >= 0.6 is 0 Å². The van der Waals surface area contributed by atoms with Crippen LogP contribution in [-0.4, -0.2) is 20.2 Å². The molecular weight excluding hydrogens is 200 g/mol. The second-order valence-electron chi connectivity index (χ2n) is 3.55. The minimum Gasteiger partial charge on any atom is -0.493 e. The molecule has 0 aromatic heterocycles. The number of nitrogens with one attached hydrogen (secondary N) is 1. The fourth-order valence-corrected chi connectivity index (χ4v) is 1.21. The van der Waals surface area contributed by atoms with Crippen molar-refractivity contribution < 1.29 is 13.5 Å². The minimum atomic E-state index is -0.881. The van der Waals surface area contributed by atoms with Crippen LogP contribution in [0.4, 0.5) is 8.78 Å². The molecule has 0 amide bonds. The Balaban J connectivity index is 2.47. The Morgan fingerprint density at radius 2 is 2.07 bits per heavy atom. The monoisotopic (exact) mass is 215 g/mol. The van der Waals surface area contributed by atoms with Gasteiger partial charge in [-0.1, -0.05) is 6.92 Å². The SMILES string of the molecule is CNCC(C)COc1ccc(F)c(F)c1. The van der Waals surface area contributed by atoms with Crippen molar-refractivity contribution in [3.8, 4) is 5.75 Å². The average Bonchev–Trinajstić information content (AvgIpc) is 2.20. The van der Waals surface area contributed by atoms with E-state index in [1.54, 1.807) is 0 Å². The van der Waals surface area contributed by atoms with Gasteiger partial charge in [-0.2, -0.15) is 0 Å². The lowest BCUT2D eigenvalue weighted by molar-refractivity contribution is 0.256. The van der Waals surface area contributed by atoms with E-state index >= 15 is 0 Å². The zero-order chi connectivity index (χ0) is 11.3.